The van der Waals surface area contributed by atoms with Gasteiger partial charge in [-0.2, -0.15) is 0 Å². The van der Waals surface area contributed by atoms with Gasteiger partial charge in [0.15, 0.2) is 0 Å². The van der Waals surface area contributed by atoms with Crippen molar-refractivity contribution in [2.45, 2.75) is 39.0 Å². The number of allylic oxidation sites excluding steroid dienone is 1. The van der Waals surface area contributed by atoms with E-state index in [1.54, 1.807) is 0 Å². The van der Waals surface area contributed by atoms with E-state index in [0.29, 0.717) is 13.0 Å². The lowest BCUT2D eigenvalue weighted by atomic mass is 9.97. The zero-order valence-electron chi connectivity index (χ0n) is 9.46. The molecule has 15 heavy (non-hydrogen) atoms. The van der Waals surface area contributed by atoms with Crippen molar-refractivity contribution >= 4 is 5.91 Å². The van der Waals surface area contributed by atoms with Crippen LogP contribution in [0.2, 0.25) is 0 Å². The van der Waals surface area contributed by atoms with Gasteiger partial charge in [-0.3, -0.25) is 4.79 Å². The zero-order valence-corrected chi connectivity index (χ0v) is 9.46. The third kappa shape index (κ3) is 4.98. The van der Waals surface area contributed by atoms with Crippen molar-refractivity contribution in [3.63, 3.8) is 0 Å². The maximum atomic E-state index is 11.5. The number of carbonyl (C=O) groups excluding carboxylic acids is 1. The standard InChI is InChI=1S/C12H21NO2/c1-10(9-14)8-13-12(15)7-11-5-3-2-4-6-11/h5,10,14H,2-4,6-9H2,1H3,(H,13,15). The summed E-state index contributed by atoms with van der Waals surface area (Å²) in [4.78, 5) is 11.5. The number of aliphatic hydroxyl groups is 1. The largest absolute Gasteiger partial charge is 0.396 e. The van der Waals surface area contributed by atoms with Crippen LogP contribution >= 0.6 is 0 Å². The summed E-state index contributed by atoms with van der Waals surface area (Å²) < 4.78 is 0. The van der Waals surface area contributed by atoms with Gasteiger partial charge in [0.25, 0.3) is 0 Å². The molecule has 1 atom stereocenters. The number of rotatable bonds is 5. The summed E-state index contributed by atoms with van der Waals surface area (Å²) >= 11 is 0. The minimum atomic E-state index is 0.0865. The molecule has 1 unspecified atom stereocenters. The summed E-state index contributed by atoms with van der Waals surface area (Å²) in [5, 5.41) is 11.6. The molecule has 0 bridgehead atoms. The van der Waals surface area contributed by atoms with E-state index >= 15 is 0 Å². The first-order chi connectivity index (χ1) is 7.22. The highest BCUT2D eigenvalue weighted by Crippen LogP contribution is 2.19. The van der Waals surface area contributed by atoms with Gasteiger partial charge in [-0.1, -0.05) is 18.6 Å². The summed E-state index contributed by atoms with van der Waals surface area (Å²) in [5.74, 6) is 0.234. The van der Waals surface area contributed by atoms with Crippen LogP contribution in [-0.2, 0) is 4.79 Å². The molecule has 0 aromatic heterocycles. The highest BCUT2D eigenvalue weighted by molar-refractivity contribution is 5.78. The molecule has 2 N–H and O–H groups in total. The van der Waals surface area contributed by atoms with Crippen molar-refractivity contribution in [1.82, 2.24) is 5.32 Å². The van der Waals surface area contributed by atoms with E-state index in [1.807, 2.05) is 6.92 Å². The van der Waals surface area contributed by atoms with E-state index in [4.69, 9.17) is 5.11 Å². The summed E-state index contributed by atoms with van der Waals surface area (Å²) in [6.45, 7) is 2.62. The van der Waals surface area contributed by atoms with E-state index in [2.05, 4.69) is 11.4 Å². The molecular weight excluding hydrogens is 190 g/mol. The van der Waals surface area contributed by atoms with Gasteiger partial charge < -0.3 is 10.4 Å². The number of nitrogens with one attached hydrogen (secondary N) is 1. The van der Waals surface area contributed by atoms with E-state index in [-0.39, 0.29) is 18.4 Å². The predicted molar refractivity (Wildman–Crippen MR) is 60.4 cm³/mol. The molecule has 0 saturated carbocycles. The van der Waals surface area contributed by atoms with Gasteiger partial charge in [0.05, 0.1) is 0 Å². The van der Waals surface area contributed by atoms with Gasteiger partial charge in [0.1, 0.15) is 0 Å². The highest BCUT2D eigenvalue weighted by Gasteiger charge is 2.09. The van der Waals surface area contributed by atoms with Crippen LogP contribution in [0.25, 0.3) is 0 Å². The topological polar surface area (TPSA) is 49.3 Å². The Bertz CT molecular complexity index is 236. The first kappa shape index (κ1) is 12.2. The van der Waals surface area contributed by atoms with Gasteiger partial charge in [-0.05, 0) is 31.6 Å². The van der Waals surface area contributed by atoms with Gasteiger partial charge in [-0.15, -0.1) is 0 Å². The fourth-order valence-electron chi connectivity index (χ4n) is 1.69. The second-order valence-electron chi connectivity index (χ2n) is 4.38. The molecule has 0 aromatic rings. The molecule has 0 heterocycles. The molecule has 3 nitrogen and oxygen atoms in total. The molecule has 1 aliphatic rings. The van der Waals surface area contributed by atoms with Crippen LogP contribution in [-0.4, -0.2) is 24.2 Å². The Morgan fingerprint density at radius 2 is 2.40 bits per heavy atom. The van der Waals surface area contributed by atoms with Crippen LogP contribution < -0.4 is 5.32 Å². The smallest absolute Gasteiger partial charge is 0.224 e. The fourth-order valence-corrected chi connectivity index (χ4v) is 1.69. The molecular formula is C12H21NO2. The predicted octanol–water partition coefficient (Wildman–Crippen LogP) is 1.62. The second kappa shape index (κ2) is 6.62. The van der Waals surface area contributed by atoms with Crippen LogP contribution in [0.15, 0.2) is 11.6 Å². The fraction of sp³-hybridized carbons (Fsp3) is 0.750. The lowest BCUT2D eigenvalue weighted by Crippen LogP contribution is -2.29. The Hall–Kier alpha value is -0.830. The van der Waals surface area contributed by atoms with Gasteiger partial charge >= 0.3 is 0 Å². The Balaban J connectivity index is 2.20. The number of carbonyl (C=O) groups is 1. The lowest BCUT2D eigenvalue weighted by Gasteiger charge is -2.13. The molecule has 1 amide bonds. The van der Waals surface area contributed by atoms with Crippen molar-refractivity contribution in [2.75, 3.05) is 13.2 Å². The van der Waals surface area contributed by atoms with Crippen molar-refractivity contribution < 1.29 is 9.90 Å². The summed E-state index contributed by atoms with van der Waals surface area (Å²) in [6.07, 6.45) is 7.40. The molecule has 3 heteroatoms. The van der Waals surface area contributed by atoms with Gasteiger partial charge in [-0.25, -0.2) is 0 Å². The summed E-state index contributed by atoms with van der Waals surface area (Å²) in [5.41, 5.74) is 1.27. The molecule has 0 spiro atoms. The molecule has 0 aliphatic heterocycles. The molecule has 1 aliphatic carbocycles. The van der Waals surface area contributed by atoms with E-state index < -0.39 is 0 Å². The molecule has 1 rings (SSSR count). The quantitative estimate of drug-likeness (QED) is 0.679. The third-order valence-electron chi connectivity index (χ3n) is 2.73. The first-order valence-corrected chi connectivity index (χ1v) is 5.78. The van der Waals surface area contributed by atoms with Crippen LogP contribution in [0.5, 0.6) is 0 Å². The number of amides is 1. The summed E-state index contributed by atoms with van der Waals surface area (Å²) in [6, 6.07) is 0. The van der Waals surface area contributed by atoms with Crippen LogP contribution in [0, 0.1) is 5.92 Å². The normalized spacial score (nSPS) is 18.1. The van der Waals surface area contributed by atoms with Crippen LogP contribution in [0.4, 0.5) is 0 Å². The number of hydrogen-bond donors (Lipinski definition) is 2. The Morgan fingerprint density at radius 1 is 1.60 bits per heavy atom. The van der Waals surface area contributed by atoms with Crippen molar-refractivity contribution in [2.24, 2.45) is 5.92 Å². The van der Waals surface area contributed by atoms with E-state index in [1.165, 1.54) is 18.4 Å². The minimum absolute atomic E-state index is 0.0865. The maximum Gasteiger partial charge on any atom is 0.224 e. The monoisotopic (exact) mass is 211 g/mol. The highest BCUT2D eigenvalue weighted by atomic mass is 16.3. The average molecular weight is 211 g/mol. The van der Waals surface area contributed by atoms with Crippen molar-refractivity contribution in [3.05, 3.63) is 11.6 Å². The zero-order chi connectivity index (χ0) is 11.1. The minimum Gasteiger partial charge on any atom is -0.396 e. The molecule has 0 aromatic carbocycles. The SMILES string of the molecule is CC(CO)CNC(=O)CC1=CCCCC1. The molecule has 86 valence electrons. The average Bonchev–Trinajstić information content (AvgIpc) is 2.27. The molecule has 0 saturated heterocycles. The third-order valence-corrected chi connectivity index (χ3v) is 2.73. The lowest BCUT2D eigenvalue weighted by molar-refractivity contribution is -0.120. The van der Waals surface area contributed by atoms with Crippen LogP contribution in [0.1, 0.15) is 39.0 Å². The van der Waals surface area contributed by atoms with Gasteiger partial charge in [0, 0.05) is 19.6 Å². The van der Waals surface area contributed by atoms with Crippen LogP contribution in [0.3, 0.4) is 0 Å². The van der Waals surface area contributed by atoms with E-state index in [9.17, 15) is 4.79 Å². The molecule has 0 fully saturated rings. The maximum absolute atomic E-state index is 11.5. The summed E-state index contributed by atoms with van der Waals surface area (Å²) in [7, 11) is 0. The second-order valence-corrected chi connectivity index (χ2v) is 4.38. The Morgan fingerprint density at radius 3 is 3.00 bits per heavy atom. The molecule has 0 radical (unpaired) electrons. The number of aliphatic hydroxyl groups excluding tert-OH is 1. The van der Waals surface area contributed by atoms with Gasteiger partial charge in [0.2, 0.25) is 5.91 Å². The Kier molecular flexibility index (Phi) is 5.40. The number of hydrogen-bond acceptors (Lipinski definition) is 2. The van der Waals surface area contributed by atoms with E-state index in [0.717, 1.165) is 12.8 Å². The van der Waals surface area contributed by atoms with Crippen molar-refractivity contribution in [3.8, 4) is 0 Å². The Labute approximate surface area is 91.6 Å². The van der Waals surface area contributed by atoms with Crippen molar-refractivity contribution in [1.29, 1.82) is 0 Å². The first-order valence-electron chi connectivity index (χ1n) is 5.78.